The van der Waals surface area contributed by atoms with E-state index in [0.29, 0.717) is 0 Å². The molecule has 0 aliphatic rings. The second-order valence-corrected chi connectivity index (χ2v) is 2.97. The lowest BCUT2D eigenvalue weighted by molar-refractivity contribution is -0.458. The van der Waals surface area contributed by atoms with E-state index in [2.05, 4.69) is 19.6 Å². The predicted octanol–water partition coefficient (Wildman–Crippen LogP) is 1.48. The standard InChI is InChI=1S/C6H10O7/c1-6(2,3)10-5(9)12-13-11-4(7)8/h1-3H3,(H,7,8). The van der Waals surface area contributed by atoms with Crippen molar-refractivity contribution in [3.63, 3.8) is 0 Å². The van der Waals surface area contributed by atoms with Gasteiger partial charge in [-0.05, 0) is 20.8 Å². The highest BCUT2D eigenvalue weighted by Crippen LogP contribution is 2.07. The summed E-state index contributed by atoms with van der Waals surface area (Å²) in [6, 6.07) is 0. The molecule has 0 fully saturated rings. The first kappa shape index (κ1) is 11.5. The van der Waals surface area contributed by atoms with Gasteiger partial charge in [0.2, 0.25) is 0 Å². The lowest BCUT2D eigenvalue weighted by atomic mass is 10.2. The minimum atomic E-state index is -1.73. The van der Waals surface area contributed by atoms with E-state index in [0.717, 1.165) is 0 Å². The fourth-order valence-electron chi connectivity index (χ4n) is 0.341. The van der Waals surface area contributed by atoms with Crippen LogP contribution in [0, 0.1) is 0 Å². The van der Waals surface area contributed by atoms with Gasteiger partial charge in [-0.3, -0.25) is 0 Å². The normalized spacial score (nSPS) is 10.4. The van der Waals surface area contributed by atoms with Gasteiger partial charge in [0.1, 0.15) is 5.60 Å². The van der Waals surface area contributed by atoms with Crippen LogP contribution in [0.4, 0.5) is 9.59 Å². The summed E-state index contributed by atoms with van der Waals surface area (Å²) in [4.78, 5) is 27.5. The van der Waals surface area contributed by atoms with Gasteiger partial charge < -0.3 is 9.84 Å². The fourth-order valence-corrected chi connectivity index (χ4v) is 0.341. The Balaban J connectivity index is 3.59. The van der Waals surface area contributed by atoms with Crippen LogP contribution in [0.1, 0.15) is 20.8 Å². The highest BCUT2D eigenvalue weighted by molar-refractivity contribution is 5.59. The second kappa shape index (κ2) is 4.51. The minimum absolute atomic E-state index is 0.746. The first-order chi connectivity index (χ1) is 5.81. The fraction of sp³-hybridized carbons (Fsp3) is 0.667. The van der Waals surface area contributed by atoms with Crippen molar-refractivity contribution in [1.29, 1.82) is 0 Å². The summed E-state index contributed by atoms with van der Waals surface area (Å²) >= 11 is 0. The molecule has 7 heteroatoms. The van der Waals surface area contributed by atoms with Crippen molar-refractivity contribution in [2.45, 2.75) is 26.4 Å². The van der Waals surface area contributed by atoms with Crippen LogP contribution in [0.5, 0.6) is 0 Å². The van der Waals surface area contributed by atoms with E-state index < -0.39 is 17.9 Å². The Labute approximate surface area is 74.0 Å². The molecule has 13 heavy (non-hydrogen) atoms. The van der Waals surface area contributed by atoms with Crippen molar-refractivity contribution in [2.24, 2.45) is 0 Å². The van der Waals surface area contributed by atoms with Gasteiger partial charge in [0.25, 0.3) is 0 Å². The maximum Gasteiger partial charge on any atom is 0.543 e. The molecule has 0 aliphatic carbocycles. The molecular weight excluding hydrogens is 184 g/mol. The molecule has 0 bridgehead atoms. The predicted molar refractivity (Wildman–Crippen MR) is 37.5 cm³/mol. The van der Waals surface area contributed by atoms with Crippen LogP contribution in [0.15, 0.2) is 0 Å². The zero-order chi connectivity index (χ0) is 10.5. The molecule has 0 amide bonds. The average Bonchev–Trinajstić information content (AvgIpc) is 1.81. The van der Waals surface area contributed by atoms with Crippen LogP contribution < -0.4 is 0 Å². The maximum absolute atomic E-state index is 10.6. The van der Waals surface area contributed by atoms with Crippen molar-refractivity contribution in [3.05, 3.63) is 0 Å². The number of hydrogen-bond donors (Lipinski definition) is 1. The average molecular weight is 194 g/mol. The Morgan fingerprint density at radius 3 is 2.08 bits per heavy atom. The molecule has 0 rings (SSSR count). The van der Waals surface area contributed by atoms with E-state index in [4.69, 9.17) is 5.11 Å². The third kappa shape index (κ3) is 8.41. The number of ether oxygens (including phenoxy) is 1. The van der Waals surface area contributed by atoms with Gasteiger partial charge in [-0.25, -0.2) is 19.4 Å². The van der Waals surface area contributed by atoms with Crippen molar-refractivity contribution in [3.8, 4) is 0 Å². The van der Waals surface area contributed by atoms with Gasteiger partial charge in [0, 0.05) is 0 Å². The van der Waals surface area contributed by atoms with Crippen LogP contribution in [0.2, 0.25) is 0 Å². The SMILES string of the molecule is CC(C)(C)OC(=O)OOOC(=O)O. The molecule has 0 atom stereocenters. The molecule has 7 nitrogen and oxygen atoms in total. The monoisotopic (exact) mass is 194 g/mol. The smallest absolute Gasteiger partial charge is 0.448 e. The van der Waals surface area contributed by atoms with E-state index in [1.165, 1.54) is 0 Å². The van der Waals surface area contributed by atoms with Crippen molar-refractivity contribution in [1.82, 2.24) is 0 Å². The first-order valence-corrected chi connectivity index (χ1v) is 3.28. The lowest BCUT2D eigenvalue weighted by Crippen LogP contribution is -2.24. The lowest BCUT2D eigenvalue weighted by Gasteiger charge is -2.17. The Kier molecular flexibility index (Phi) is 3.99. The number of rotatable bonds is 2. The van der Waals surface area contributed by atoms with Gasteiger partial charge in [-0.1, -0.05) is 0 Å². The Morgan fingerprint density at radius 1 is 1.15 bits per heavy atom. The third-order valence-electron chi connectivity index (χ3n) is 0.597. The Morgan fingerprint density at radius 2 is 1.69 bits per heavy atom. The van der Waals surface area contributed by atoms with Crippen LogP contribution in [-0.2, 0) is 19.6 Å². The van der Waals surface area contributed by atoms with E-state index in [9.17, 15) is 9.59 Å². The number of carboxylic acid groups (broad SMARTS) is 1. The molecule has 0 aromatic carbocycles. The summed E-state index contributed by atoms with van der Waals surface area (Å²) in [6.07, 6.45) is -2.92. The molecule has 1 N–H and O–H groups in total. The summed E-state index contributed by atoms with van der Waals surface area (Å²) in [5, 5.41) is 11.4. The van der Waals surface area contributed by atoms with Gasteiger partial charge >= 0.3 is 12.3 Å². The number of carbonyl (C=O) groups excluding carboxylic acids is 1. The second-order valence-electron chi connectivity index (χ2n) is 2.97. The van der Waals surface area contributed by atoms with Gasteiger partial charge in [-0.15, -0.1) is 0 Å². The molecule has 0 aromatic rings. The largest absolute Gasteiger partial charge is 0.543 e. The number of carbonyl (C=O) groups is 2. The van der Waals surface area contributed by atoms with Crippen LogP contribution >= 0.6 is 0 Å². The van der Waals surface area contributed by atoms with Crippen molar-refractivity contribution >= 4 is 12.3 Å². The molecule has 0 aliphatic heterocycles. The maximum atomic E-state index is 10.6. The van der Waals surface area contributed by atoms with Gasteiger partial charge in [-0.2, -0.15) is 0 Å². The third-order valence-corrected chi connectivity index (χ3v) is 0.597. The minimum Gasteiger partial charge on any atom is -0.448 e. The summed E-state index contributed by atoms with van der Waals surface area (Å²) in [6.45, 7) is 4.81. The Bertz CT molecular complexity index is 192. The molecular formula is C6H10O7. The molecule has 0 spiro atoms. The summed E-state index contributed by atoms with van der Waals surface area (Å²) in [7, 11) is 0. The summed E-state index contributed by atoms with van der Waals surface area (Å²) < 4.78 is 4.56. The van der Waals surface area contributed by atoms with Gasteiger partial charge in [0.15, 0.2) is 0 Å². The van der Waals surface area contributed by atoms with Gasteiger partial charge in [0.05, 0.1) is 5.04 Å². The molecule has 0 aromatic heterocycles. The highest BCUT2D eigenvalue weighted by atomic mass is 17.5. The van der Waals surface area contributed by atoms with E-state index in [1.54, 1.807) is 20.8 Å². The van der Waals surface area contributed by atoms with E-state index in [1.807, 2.05) is 0 Å². The molecule has 0 saturated carbocycles. The van der Waals surface area contributed by atoms with Crippen LogP contribution in [0.25, 0.3) is 0 Å². The van der Waals surface area contributed by atoms with Crippen LogP contribution in [-0.4, -0.2) is 23.0 Å². The molecule has 0 radical (unpaired) electrons. The molecule has 0 saturated heterocycles. The highest BCUT2D eigenvalue weighted by Gasteiger charge is 2.18. The zero-order valence-electron chi connectivity index (χ0n) is 7.40. The van der Waals surface area contributed by atoms with E-state index >= 15 is 0 Å². The molecule has 0 heterocycles. The quantitative estimate of drug-likeness (QED) is 0.404. The summed E-state index contributed by atoms with van der Waals surface area (Å²) in [5.74, 6) is 0. The van der Waals surface area contributed by atoms with Crippen LogP contribution in [0.3, 0.4) is 0 Å². The molecule has 76 valence electrons. The molecule has 0 unspecified atom stereocenters. The first-order valence-electron chi connectivity index (χ1n) is 3.28. The van der Waals surface area contributed by atoms with E-state index in [-0.39, 0.29) is 0 Å². The zero-order valence-corrected chi connectivity index (χ0v) is 7.40. The topological polar surface area (TPSA) is 91.3 Å². The van der Waals surface area contributed by atoms with Crippen molar-refractivity contribution in [2.75, 3.05) is 0 Å². The Hall–Kier alpha value is -1.50. The number of hydrogen-bond acceptors (Lipinski definition) is 6. The summed E-state index contributed by atoms with van der Waals surface area (Å²) in [5.41, 5.74) is -0.746. The van der Waals surface area contributed by atoms with Crippen molar-refractivity contribution < 1.29 is 34.2 Å².